The highest BCUT2D eigenvalue weighted by atomic mass is 35.7. The molecule has 0 saturated carbocycles. The number of hydrogen-bond acceptors (Lipinski definition) is 3. The van der Waals surface area contributed by atoms with E-state index in [4.69, 9.17) is 15.9 Å². The summed E-state index contributed by atoms with van der Waals surface area (Å²) in [5.74, 6) is -2.38. The molecule has 0 unspecified atom stereocenters. The lowest BCUT2D eigenvalue weighted by Gasteiger charge is -2.01. The van der Waals surface area contributed by atoms with E-state index in [2.05, 4.69) is 0 Å². The fraction of sp³-hybridized carbons (Fsp3) is 0. The number of rotatable bonds is 1. The highest BCUT2D eigenvalue weighted by Crippen LogP contribution is 2.24. The zero-order chi connectivity index (χ0) is 10.9. The lowest BCUT2D eigenvalue weighted by Crippen LogP contribution is -2.01. The molecule has 0 amide bonds. The van der Waals surface area contributed by atoms with Gasteiger partial charge < -0.3 is 0 Å². The van der Waals surface area contributed by atoms with Gasteiger partial charge in [-0.1, -0.05) is 0 Å². The van der Waals surface area contributed by atoms with Gasteiger partial charge in [0.2, 0.25) is 0 Å². The van der Waals surface area contributed by atoms with Gasteiger partial charge in [-0.3, -0.25) is 0 Å². The molecular weight excluding hydrogens is 236 g/mol. The average Bonchev–Trinajstić information content (AvgIpc) is 2.06. The molecule has 0 bridgehead atoms. The van der Waals surface area contributed by atoms with Crippen molar-refractivity contribution >= 4 is 19.7 Å². The maximum absolute atomic E-state index is 12.9. The normalized spacial score (nSPS) is 11.0. The molecule has 1 aromatic carbocycles. The highest BCUT2D eigenvalue weighted by molar-refractivity contribution is 8.13. The summed E-state index contributed by atoms with van der Waals surface area (Å²) in [5, 5.41) is 8.41. The predicted octanol–water partition coefficient (Wildman–Crippen LogP) is 1.76. The van der Waals surface area contributed by atoms with Crippen molar-refractivity contribution in [2.75, 3.05) is 0 Å². The molecule has 0 saturated heterocycles. The summed E-state index contributed by atoms with van der Waals surface area (Å²) in [7, 11) is 0.370. The second kappa shape index (κ2) is 3.52. The van der Waals surface area contributed by atoms with Crippen LogP contribution >= 0.6 is 10.7 Å². The van der Waals surface area contributed by atoms with Crippen molar-refractivity contribution in [3.63, 3.8) is 0 Å². The summed E-state index contributed by atoms with van der Waals surface area (Å²) in [6.07, 6.45) is 0. The lowest BCUT2D eigenvalue weighted by molar-refractivity contribution is 0.556. The Labute approximate surface area is 83.0 Å². The fourth-order valence-electron chi connectivity index (χ4n) is 0.876. The van der Waals surface area contributed by atoms with Gasteiger partial charge in [-0.2, -0.15) is 5.26 Å². The van der Waals surface area contributed by atoms with Crippen LogP contribution in [-0.4, -0.2) is 8.42 Å². The molecule has 3 nitrogen and oxygen atoms in total. The van der Waals surface area contributed by atoms with E-state index >= 15 is 0 Å². The van der Waals surface area contributed by atoms with E-state index in [0.29, 0.717) is 12.1 Å². The van der Waals surface area contributed by atoms with E-state index in [0.717, 1.165) is 0 Å². The summed E-state index contributed by atoms with van der Waals surface area (Å²) in [5.41, 5.74) is -0.917. The van der Waals surface area contributed by atoms with Crippen molar-refractivity contribution in [3.8, 4) is 6.07 Å². The quantitative estimate of drug-likeness (QED) is 0.700. The second-order valence-corrected chi connectivity index (χ2v) is 4.79. The van der Waals surface area contributed by atoms with Crippen LogP contribution in [0.2, 0.25) is 0 Å². The first-order valence-corrected chi connectivity index (χ1v) is 5.51. The lowest BCUT2D eigenvalue weighted by atomic mass is 10.2. The molecule has 1 rings (SSSR count). The monoisotopic (exact) mass is 237 g/mol. The van der Waals surface area contributed by atoms with E-state index < -0.39 is 31.1 Å². The smallest absolute Gasteiger partial charge is 0.207 e. The van der Waals surface area contributed by atoms with Crippen molar-refractivity contribution in [2.45, 2.75) is 4.90 Å². The van der Waals surface area contributed by atoms with Gasteiger partial charge in [-0.15, -0.1) is 0 Å². The first kappa shape index (κ1) is 10.9. The third-order valence-corrected chi connectivity index (χ3v) is 2.76. The molecule has 0 radical (unpaired) electrons. The molecule has 0 aliphatic rings. The Hall–Kier alpha value is -1.19. The molecule has 0 N–H and O–H groups in total. The topological polar surface area (TPSA) is 57.9 Å². The second-order valence-electron chi connectivity index (χ2n) is 2.28. The molecule has 0 aromatic heterocycles. The molecule has 7 heteroatoms. The molecule has 0 heterocycles. The Balaban J connectivity index is 3.74. The third-order valence-electron chi connectivity index (χ3n) is 1.41. The molecule has 0 aliphatic heterocycles. The molecular formula is C7H2ClF2NO2S. The average molecular weight is 238 g/mol. The van der Waals surface area contributed by atoms with Gasteiger partial charge in [0.1, 0.15) is 28.2 Å². The number of halogens is 3. The maximum atomic E-state index is 12.9. The summed E-state index contributed by atoms with van der Waals surface area (Å²) < 4.78 is 47.4. The van der Waals surface area contributed by atoms with Crippen molar-refractivity contribution < 1.29 is 17.2 Å². The number of benzene rings is 1. The summed E-state index contributed by atoms with van der Waals surface area (Å²) in [6, 6.07) is 2.47. The van der Waals surface area contributed by atoms with E-state index in [1.54, 1.807) is 0 Å². The van der Waals surface area contributed by atoms with Crippen LogP contribution in [0.25, 0.3) is 0 Å². The van der Waals surface area contributed by atoms with Crippen molar-refractivity contribution in [2.24, 2.45) is 0 Å². The summed E-state index contributed by atoms with van der Waals surface area (Å²) >= 11 is 0. The number of nitriles is 1. The van der Waals surface area contributed by atoms with E-state index in [1.165, 1.54) is 6.07 Å². The molecule has 74 valence electrons. The van der Waals surface area contributed by atoms with E-state index in [-0.39, 0.29) is 0 Å². The van der Waals surface area contributed by atoms with Gasteiger partial charge in [0, 0.05) is 10.7 Å². The van der Waals surface area contributed by atoms with Crippen molar-refractivity contribution in [3.05, 3.63) is 29.3 Å². The Morgan fingerprint density at radius 2 is 1.79 bits per heavy atom. The Morgan fingerprint density at radius 1 is 1.29 bits per heavy atom. The highest BCUT2D eigenvalue weighted by Gasteiger charge is 2.23. The first-order chi connectivity index (χ1) is 6.38. The number of hydrogen-bond donors (Lipinski definition) is 0. The molecule has 14 heavy (non-hydrogen) atoms. The van der Waals surface area contributed by atoms with Crippen molar-refractivity contribution in [1.82, 2.24) is 0 Å². The van der Waals surface area contributed by atoms with Crippen molar-refractivity contribution in [1.29, 1.82) is 5.26 Å². The first-order valence-electron chi connectivity index (χ1n) is 3.20. The van der Waals surface area contributed by atoms with Crippen LogP contribution in [0.5, 0.6) is 0 Å². The van der Waals surface area contributed by atoms with Gasteiger partial charge in [0.25, 0.3) is 9.05 Å². The van der Waals surface area contributed by atoms with Crippen LogP contribution in [0.1, 0.15) is 5.56 Å². The molecule has 0 fully saturated rings. The number of nitrogens with zero attached hydrogens (tertiary/aromatic N) is 1. The van der Waals surface area contributed by atoms with Crippen LogP contribution in [0.15, 0.2) is 17.0 Å². The molecule has 1 aromatic rings. The van der Waals surface area contributed by atoms with Crippen LogP contribution in [0.3, 0.4) is 0 Å². The van der Waals surface area contributed by atoms with Crippen LogP contribution in [0.4, 0.5) is 8.78 Å². The van der Waals surface area contributed by atoms with Crippen LogP contribution in [-0.2, 0) is 9.05 Å². The summed E-state index contributed by atoms with van der Waals surface area (Å²) in [4.78, 5) is -1.12. The van der Waals surface area contributed by atoms with Gasteiger partial charge >= 0.3 is 0 Å². The van der Waals surface area contributed by atoms with E-state index in [9.17, 15) is 17.2 Å². The zero-order valence-electron chi connectivity index (χ0n) is 6.46. The SMILES string of the molecule is N#Cc1c(F)ccc(F)c1S(=O)(=O)Cl. The summed E-state index contributed by atoms with van der Waals surface area (Å²) in [6.45, 7) is 0. The van der Waals surface area contributed by atoms with E-state index in [1.807, 2.05) is 0 Å². The largest absolute Gasteiger partial charge is 0.265 e. The zero-order valence-corrected chi connectivity index (χ0v) is 8.03. The van der Waals surface area contributed by atoms with Gasteiger partial charge in [0.05, 0.1) is 0 Å². The van der Waals surface area contributed by atoms with Gasteiger partial charge in [-0.05, 0) is 12.1 Å². The third kappa shape index (κ3) is 1.84. The van der Waals surface area contributed by atoms with Crippen LogP contribution < -0.4 is 0 Å². The Kier molecular flexibility index (Phi) is 2.73. The minimum atomic E-state index is -4.46. The predicted molar refractivity (Wildman–Crippen MR) is 44.1 cm³/mol. The molecule has 0 spiro atoms. The van der Waals surface area contributed by atoms with Gasteiger partial charge in [-0.25, -0.2) is 17.2 Å². The molecule has 0 atom stereocenters. The Bertz CT molecular complexity index is 521. The van der Waals surface area contributed by atoms with Gasteiger partial charge in [0.15, 0.2) is 0 Å². The Morgan fingerprint density at radius 3 is 2.14 bits per heavy atom. The maximum Gasteiger partial charge on any atom is 0.265 e. The minimum Gasteiger partial charge on any atom is -0.207 e. The van der Waals surface area contributed by atoms with Crippen LogP contribution in [0, 0.1) is 23.0 Å². The fourth-order valence-corrected chi connectivity index (χ4v) is 2.02. The minimum absolute atomic E-state index is 0.589. The molecule has 0 aliphatic carbocycles. The standard InChI is InChI=1S/C7H2ClF2NO2S/c8-14(12,13)7-4(3-11)5(9)1-2-6(7)10/h1-2H.